The molecule has 0 spiro atoms. The molecule has 2 N–H and O–H groups in total. The lowest BCUT2D eigenvalue weighted by atomic mass is 9.97. The van der Waals surface area contributed by atoms with Crippen LogP contribution in [0.5, 0.6) is 0 Å². The zero-order valence-electron chi connectivity index (χ0n) is 14.8. The van der Waals surface area contributed by atoms with Crippen LogP contribution in [0.1, 0.15) is 21.9 Å². The third-order valence-electron chi connectivity index (χ3n) is 4.66. The average molecular weight is 408 g/mol. The van der Waals surface area contributed by atoms with Crippen molar-refractivity contribution in [3.63, 3.8) is 0 Å². The molecule has 5 nitrogen and oxygen atoms in total. The average Bonchev–Trinajstić information content (AvgIpc) is 3.39. The minimum absolute atomic E-state index is 0.00126. The number of nitriles is 1. The van der Waals surface area contributed by atoms with Crippen LogP contribution in [0.25, 0.3) is 10.9 Å². The van der Waals surface area contributed by atoms with E-state index in [1.807, 2.05) is 54.0 Å². The molecule has 2 aromatic heterocycles. The highest BCUT2D eigenvalue weighted by atomic mass is 32.2. The van der Waals surface area contributed by atoms with E-state index in [9.17, 15) is 13.7 Å². The maximum atomic E-state index is 12.9. The molecule has 1 atom stereocenters. The number of H-pyrrole nitrogens is 1. The second-order valence-electron chi connectivity index (χ2n) is 6.32. The van der Waals surface area contributed by atoms with E-state index >= 15 is 0 Å². The molecule has 7 heteroatoms. The topological polar surface area (TPSA) is 85.8 Å². The second-order valence-corrected chi connectivity index (χ2v) is 9.03. The van der Waals surface area contributed by atoms with E-state index < -0.39 is 10.0 Å². The van der Waals surface area contributed by atoms with Crippen molar-refractivity contribution >= 4 is 32.3 Å². The van der Waals surface area contributed by atoms with E-state index in [0.29, 0.717) is 0 Å². The number of nitrogens with one attached hydrogen (secondary N) is 2. The normalized spacial score (nSPS) is 12.7. The van der Waals surface area contributed by atoms with Crippen LogP contribution in [0.3, 0.4) is 0 Å². The summed E-state index contributed by atoms with van der Waals surface area (Å²) < 4.78 is 28.4. The molecule has 140 valence electrons. The first-order valence-corrected chi connectivity index (χ1v) is 11.0. The van der Waals surface area contributed by atoms with E-state index in [0.717, 1.165) is 21.3 Å². The van der Waals surface area contributed by atoms with Crippen molar-refractivity contribution in [1.29, 1.82) is 5.26 Å². The van der Waals surface area contributed by atoms with Gasteiger partial charge in [0.25, 0.3) is 0 Å². The third kappa shape index (κ3) is 3.45. The maximum absolute atomic E-state index is 12.9. The standard InChI is InChI=1S/C21H17N3O2S2/c22-12-15-6-1-4-10-21(15)28(25,26)24-14-18(20-9-5-11-27-20)17-13-23-19-8-3-2-7-16(17)19/h1-11,13,18,23-24H,14H2/t18-/m0/s1. The molecule has 0 saturated carbocycles. The van der Waals surface area contributed by atoms with Crippen molar-refractivity contribution in [3.05, 3.63) is 88.2 Å². The number of hydrogen-bond acceptors (Lipinski definition) is 4. The summed E-state index contributed by atoms with van der Waals surface area (Å²) >= 11 is 1.59. The number of benzene rings is 2. The lowest BCUT2D eigenvalue weighted by molar-refractivity contribution is 0.578. The van der Waals surface area contributed by atoms with Crippen LogP contribution in [-0.2, 0) is 10.0 Å². The molecular formula is C21H17N3O2S2. The highest BCUT2D eigenvalue weighted by molar-refractivity contribution is 7.89. The Labute approximate surface area is 167 Å². The Morgan fingerprint density at radius 3 is 2.64 bits per heavy atom. The Morgan fingerprint density at radius 2 is 1.86 bits per heavy atom. The van der Waals surface area contributed by atoms with Crippen LogP contribution in [0.15, 0.2) is 77.1 Å². The lowest BCUT2D eigenvalue weighted by Gasteiger charge is -2.17. The quantitative estimate of drug-likeness (QED) is 0.502. The molecule has 0 unspecified atom stereocenters. The molecule has 0 aliphatic carbocycles. The number of sulfonamides is 1. The number of hydrogen-bond donors (Lipinski definition) is 2. The monoisotopic (exact) mass is 407 g/mol. The highest BCUT2D eigenvalue weighted by Gasteiger charge is 2.24. The van der Waals surface area contributed by atoms with E-state index in [1.165, 1.54) is 12.1 Å². The number of aromatic nitrogens is 1. The Balaban J connectivity index is 1.69. The molecule has 4 rings (SSSR count). The Hall–Kier alpha value is -2.92. The summed E-state index contributed by atoms with van der Waals surface area (Å²) in [6.07, 6.45) is 1.94. The summed E-state index contributed by atoms with van der Waals surface area (Å²) in [4.78, 5) is 4.33. The summed E-state index contributed by atoms with van der Waals surface area (Å²) in [6.45, 7) is 0.199. The van der Waals surface area contributed by atoms with Gasteiger partial charge in [0.1, 0.15) is 6.07 Å². The van der Waals surface area contributed by atoms with E-state index in [4.69, 9.17) is 0 Å². The molecule has 0 aliphatic heterocycles. The molecule has 0 aliphatic rings. The van der Waals surface area contributed by atoms with Gasteiger partial charge >= 0.3 is 0 Å². The number of para-hydroxylation sites is 1. The van der Waals surface area contributed by atoms with E-state index in [-0.39, 0.29) is 22.9 Å². The first-order chi connectivity index (χ1) is 13.6. The van der Waals surface area contributed by atoms with Gasteiger partial charge in [-0.05, 0) is 35.2 Å². The second kappa shape index (κ2) is 7.60. The first kappa shape index (κ1) is 18.4. The van der Waals surface area contributed by atoms with E-state index in [1.54, 1.807) is 23.5 Å². The van der Waals surface area contributed by atoms with Gasteiger partial charge in [-0.25, -0.2) is 13.1 Å². The zero-order chi connectivity index (χ0) is 19.6. The van der Waals surface area contributed by atoms with E-state index in [2.05, 4.69) is 9.71 Å². The summed E-state index contributed by atoms with van der Waals surface area (Å²) in [5, 5.41) is 12.3. The number of fused-ring (bicyclic) bond motifs is 1. The number of thiophene rings is 1. The van der Waals surface area contributed by atoms with Crippen LogP contribution in [0, 0.1) is 11.3 Å². The van der Waals surface area contributed by atoms with Gasteiger partial charge in [-0.2, -0.15) is 5.26 Å². The van der Waals surface area contributed by atoms with Crippen LogP contribution in [-0.4, -0.2) is 19.9 Å². The molecule has 28 heavy (non-hydrogen) atoms. The molecule has 0 bridgehead atoms. The number of rotatable bonds is 6. The van der Waals surface area contributed by atoms with Crippen molar-refractivity contribution < 1.29 is 8.42 Å². The molecule has 2 aromatic carbocycles. The Kier molecular flexibility index (Phi) is 5.01. The van der Waals surface area contributed by atoms with Gasteiger partial charge < -0.3 is 4.98 Å². The SMILES string of the molecule is N#Cc1ccccc1S(=O)(=O)NC[C@H](c1cccs1)c1c[nH]c2ccccc12. The van der Waals surface area contributed by atoms with Crippen LogP contribution >= 0.6 is 11.3 Å². The molecule has 2 heterocycles. The van der Waals surface area contributed by atoms with Gasteiger partial charge in [0.2, 0.25) is 10.0 Å². The molecule has 0 radical (unpaired) electrons. The van der Waals surface area contributed by atoms with Crippen molar-refractivity contribution in [2.45, 2.75) is 10.8 Å². The largest absolute Gasteiger partial charge is 0.361 e. The zero-order valence-corrected chi connectivity index (χ0v) is 16.4. The van der Waals surface area contributed by atoms with Gasteiger partial charge in [0.15, 0.2) is 0 Å². The van der Waals surface area contributed by atoms with Crippen molar-refractivity contribution in [3.8, 4) is 6.07 Å². The molecule has 4 aromatic rings. The fourth-order valence-electron chi connectivity index (χ4n) is 3.30. The van der Waals surface area contributed by atoms with Gasteiger partial charge in [-0.15, -0.1) is 11.3 Å². The summed E-state index contributed by atoms with van der Waals surface area (Å²) in [5.74, 6) is -0.139. The number of aromatic amines is 1. The maximum Gasteiger partial charge on any atom is 0.241 e. The van der Waals surface area contributed by atoms with Gasteiger partial charge in [0.05, 0.1) is 10.5 Å². The molecule has 0 saturated heterocycles. The van der Waals surface area contributed by atoms with Crippen LogP contribution < -0.4 is 4.72 Å². The summed E-state index contributed by atoms with van der Waals surface area (Å²) in [6, 6.07) is 20.1. The molecular weight excluding hydrogens is 390 g/mol. The predicted molar refractivity (Wildman–Crippen MR) is 111 cm³/mol. The Morgan fingerprint density at radius 1 is 1.07 bits per heavy atom. The highest BCUT2D eigenvalue weighted by Crippen LogP contribution is 2.33. The fraction of sp³-hybridized carbons (Fsp3) is 0.0952. The van der Waals surface area contributed by atoms with Crippen molar-refractivity contribution in [2.24, 2.45) is 0 Å². The van der Waals surface area contributed by atoms with Crippen LogP contribution in [0.2, 0.25) is 0 Å². The van der Waals surface area contributed by atoms with Gasteiger partial charge in [-0.3, -0.25) is 0 Å². The molecule has 0 amide bonds. The summed E-state index contributed by atoms with van der Waals surface area (Å²) in [7, 11) is -3.81. The predicted octanol–water partition coefficient (Wildman–Crippen LogP) is 4.21. The lowest BCUT2D eigenvalue weighted by Crippen LogP contribution is -2.29. The van der Waals surface area contributed by atoms with Crippen LogP contribution in [0.4, 0.5) is 0 Å². The molecule has 0 fully saturated rings. The van der Waals surface area contributed by atoms with Crippen molar-refractivity contribution in [1.82, 2.24) is 9.71 Å². The van der Waals surface area contributed by atoms with Gasteiger partial charge in [-0.1, -0.05) is 36.4 Å². The number of nitrogens with zero attached hydrogens (tertiary/aromatic N) is 1. The third-order valence-corrected chi connectivity index (χ3v) is 7.13. The summed E-state index contributed by atoms with van der Waals surface area (Å²) in [5.41, 5.74) is 2.18. The Bertz CT molecular complexity index is 1250. The van der Waals surface area contributed by atoms with Crippen molar-refractivity contribution in [2.75, 3.05) is 6.54 Å². The minimum atomic E-state index is -3.81. The minimum Gasteiger partial charge on any atom is -0.361 e. The first-order valence-electron chi connectivity index (χ1n) is 8.68. The van der Waals surface area contributed by atoms with Gasteiger partial charge in [0, 0.05) is 34.4 Å². The smallest absolute Gasteiger partial charge is 0.241 e. The fourth-order valence-corrected chi connectivity index (χ4v) is 5.35.